The molecule has 1 rings (SSSR count). The van der Waals surface area contributed by atoms with Gasteiger partial charge in [0.1, 0.15) is 0 Å². The summed E-state index contributed by atoms with van der Waals surface area (Å²) in [7, 11) is 1.67. The molecule has 0 heterocycles. The van der Waals surface area contributed by atoms with Crippen LogP contribution in [0.15, 0.2) is 0 Å². The Morgan fingerprint density at radius 2 is 2.10 bits per heavy atom. The van der Waals surface area contributed by atoms with Crippen LogP contribution in [0.25, 0.3) is 0 Å². The van der Waals surface area contributed by atoms with E-state index in [1.54, 1.807) is 7.11 Å². The second-order valence-corrected chi connectivity index (χ2v) is 3.26. The van der Waals surface area contributed by atoms with Gasteiger partial charge < -0.3 is 9.84 Å². The SMILES string of the molecule is CO[C@@H]1C[C@H](C)CC[C@@H]1O. The molecule has 10 heavy (non-hydrogen) atoms. The van der Waals surface area contributed by atoms with Gasteiger partial charge in [0.05, 0.1) is 12.2 Å². The lowest BCUT2D eigenvalue weighted by Crippen LogP contribution is -2.34. The van der Waals surface area contributed by atoms with Gasteiger partial charge in [0.25, 0.3) is 0 Å². The molecule has 0 aromatic rings. The van der Waals surface area contributed by atoms with Crippen LogP contribution in [0.4, 0.5) is 0 Å². The van der Waals surface area contributed by atoms with E-state index < -0.39 is 0 Å². The second-order valence-electron chi connectivity index (χ2n) is 3.26. The van der Waals surface area contributed by atoms with Gasteiger partial charge in [0.15, 0.2) is 0 Å². The number of aliphatic hydroxyl groups excluding tert-OH is 1. The van der Waals surface area contributed by atoms with Crippen molar-refractivity contribution in [3.05, 3.63) is 0 Å². The monoisotopic (exact) mass is 144 g/mol. The molecule has 1 saturated carbocycles. The van der Waals surface area contributed by atoms with Gasteiger partial charge in [-0.1, -0.05) is 6.92 Å². The molecule has 2 nitrogen and oxygen atoms in total. The molecule has 0 saturated heterocycles. The Labute approximate surface area is 62.2 Å². The van der Waals surface area contributed by atoms with Crippen molar-refractivity contribution in [1.82, 2.24) is 0 Å². The first-order valence-corrected chi connectivity index (χ1v) is 3.95. The van der Waals surface area contributed by atoms with Crippen LogP contribution in [0.2, 0.25) is 0 Å². The molecule has 1 aliphatic carbocycles. The molecule has 60 valence electrons. The minimum absolute atomic E-state index is 0.0868. The standard InChI is InChI=1S/C8H16O2/c1-6-3-4-7(9)8(5-6)10-2/h6-9H,3-5H2,1-2H3/t6-,7+,8-/m1/s1. The summed E-state index contributed by atoms with van der Waals surface area (Å²) in [5, 5.41) is 9.36. The highest BCUT2D eigenvalue weighted by atomic mass is 16.5. The molecule has 0 aromatic heterocycles. The van der Waals surface area contributed by atoms with Crippen LogP contribution in [0.5, 0.6) is 0 Å². The fourth-order valence-electron chi connectivity index (χ4n) is 1.57. The van der Waals surface area contributed by atoms with Crippen molar-refractivity contribution in [3.8, 4) is 0 Å². The topological polar surface area (TPSA) is 29.5 Å². The van der Waals surface area contributed by atoms with E-state index >= 15 is 0 Å². The summed E-state index contributed by atoms with van der Waals surface area (Å²) in [5.41, 5.74) is 0. The molecule has 0 radical (unpaired) electrons. The van der Waals surface area contributed by atoms with Crippen LogP contribution in [0, 0.1) is 5.92 Å². The zero-order chi connectivity index (χ0) is 7.56. The number of hydrogen-bond donors (Lipinski definition) is 1. The molecule has 0 amide bonds. The third kappa shape index (κ3) is 1.70. The molecule has 1 aliphatic rings. The molecule has 1 fully saturated rings. The Kier molecular flexibility index (Phi) is 2.69. The zero-order valence-corrected chi connectivity index (χ0v) is 6.71. The van der Waals surface area contributed by atoms with E-state index in [1.807, 2.05) is 0 Å². The quantitative estimate of drug-likeness (QED) is 0.599. The largest absolute Gasteiger partial charge is 0.390 e. The molecular weight excluding hydrogens is 128 g/mol. The van der Waals surface area contributed by atoms with Gasteiger partial charge >= 0.3 is 0 Å². The Morgan fingerprint density at radius 1 is 1.40 bits per heavy atom. The van der Waals surface area contributed by atoms with Crippen molar-refractivity contribution in [2.75, 3.05) is 7.11 Å². The van der Waals surface area contributed by atoms with E-state index in [-0.39, 0.29) is 12.2 Å². The van der Waals surface area contributed by atoms with Gasteiger partial charge in [-0.25, -0.2) is 0 Å². The summed E-state index contributed by atoms with van der Waals surface area (Å²) in [6, 6.07) is 0. The van der Waals surface area contributed by atoms with Crippen LogP contribution >= 0.6 is 0 Å². The third-order valence-corrected chi connectivity index (χ3v) is 2.32. The summed E-state index contributed by atoms with van der Waals surface area (Å²) in [6.07, 6.45) is 2.92. The average molecular weight is 144 g/mol. The van der Waals surface area contributed by atoms with E-state index in [0.29, 0.717) is 5.92 Å². The van der Waals surface area contributed by atoms with Gasteiger partial charge in [0, 0.05) is 7.11 Å². The summed E-state index contributed by atoms with van der Waals surface area (Å²) in [5.74, 6) is 0.716. The number of ether oxygens (including phenoxy) is 1. The fraction of sp³-hybridized carbons (Fsp3) is 1.00. The normalized spacial score (nSPS) is 41.7. The van der Waals surface area contributed by atoms with Crippen LogP contribution in [0.1, 0.15) is 26.2 Å². The van der Waals surface area contributed by atoms with Gasteiger partial charge in [-0.15, -0.1) is 0 Å². The van der Waals surface area contributed by atoms with Crippen molar-refractivity contribution >= 4 is 0 Å². The fourth-order valence-corrected chi connectivity index (χ4v) is 1.57. The minimum atomic E-state index is -0.221. The summed E-state index contributed by atoms with van der Waals surface area (Å²) < 4.78 is 5.12. The van der Waals surface area contributed by atoms with Crippen molar-refractivity contribution in [2.24, 2.45) is 5.92 Å². The van der Waals surface area contributed by atoms with E-state index in [4.69, 9.17) is 4.74 Å². The van der Waals surface area contributed by atoms with E-state index in [9.17, 15) is 5.11 Å². The van der Waals surface area contributed by atoms with Crippen molar-refractivity contribution < 1.29 is 9.84 Å². The Hall–Kier alpha value is -0.0800. The van der Waals surface area contributed by atoms with E-state index in [1.165, 1.54) is 0 Å². The Bertz CT molecular complexity index is 103. The zero-order valence-electron chi connectivity index (χ0n) is 6.71. The average Bonchev–Trinajstić information content (AvgIpc) is 1.94. The lowest BCUT2D eigenvalue weighted by atomic mass is 9.87. The lowest BCUT2D eigenvalue weighted by Gasteiger charge is -2.30. The highest BCUT2D eigenvalue weighted by Crippen LogP contribution is 2.25. The van der Waals surface area contributed by atoms with Gasteiger partial charge in [0.2, 0.25) is 0 Å². The first kappa shape index (κ1) is 8.02. The molecule has 0 bridgehead atoms. The molecule has 1 N–H and O–H groups in total. The van der Waals surface area contributed by atoms with E-state index in [0.717, 1.165) is 19.3 Å². The van der Waals surface area contributed by atoms with Gasteiger partial charge in [-0.3, -0.25) is 0 Å². The summed E-state index contributed by atoms with van der Waals surface area (Å²) in [4.78, 5) is 0. The number of methoxy groups -OCH3 is 1. The maximum atomic E-state index is 9.36. The molecular formula is C8H16O2. The molecule has 0 unspecified atom stereocenters. The smallest absolute Gasteiger partial charge is 0.0832 e. The first-order chi connectivity index (χ1) is 4.74. The van der Waals surface area contributed by atoms with E-state index in [2.05, 4.69) is 6.92 Å². The van der Waals surface area contributed by atoms with Gasteiger partial charge in [-0.2, -0.15) is 0 Å². The van der Waals surface area contributed by atoms with Crippen molar-refractivity contribution in [1.29, 1.82) is 0 Å². The predicted molar refractivity (Wildman–Crippen MR) is 39.8 cm³/mol. The Morgan fingerprint density at radius 3 is 2.60 bits per heavy atom. The lowest BCUT2D eigenvalue weighted by molar-refractivity contribution is -0.0481. The third-order valence-electron chi connectivity index (χ3n) is 2.32. The summed E-state index contributed by atoms with van der Waals surface area (Å²) in [6.45, 7) is 2.21. The van der Waals surface area contributed by atoms with Crippen LogP contribution in [-0.4, -0.2) is 24.4 Å². The number of rotatable bonds is 1. The second kappa shape index (κ2) is 3.35. The first-order valence-electron chi connectivity index (χ1n) is 3.95. The van der Waals surface area contributed by atoms with Crippen molar-refractivity contribution in [2.45, 2.75) is 38.4 Å². The van der Waals surface area contributed by atoms with Crippen LogP contribution in [-0.2, 0) is 4.74 Å². The number of hydrogen-bond acceptors (Lipinski definition) is 2. The highest BCUT2D eigenvalue weighted by molar-refractivity contribution is 4.77. The molecule has 0 aliphatic heterocycles. The van der Waals surface area contributed by atoms with Crippen LogP contribution < -0.4 is 0 Å². The van der Waals surface area contributed by atoms with Crippen LogP contribution in [0.3, 0.4) is 0 Å². The molecule has 2 heteroatoms. The molecule has 3 atom stereocenters. The maximum Gasteiger partial charge on any atom is 0.0832 e. The number of aliphatic hydroxyl groups is 1. The highest BCUT2D eigenvalue weighted by Gasteiger charge is 2.26. The Balaban J connectivity index is 2.38. The maximum absolute atomic E-state index is 9.36. The van der Waals surface area contributed by atoms with Gasteiger partial charge in [-0.05, 0) is 25.2 Å². The molecule has 0 spiro atoms. The predicted octanol–water partition coefficient (Wildman–Crippen LogP) is 1.18. The summed E-state index contributed by atoms with van der Waals surface area (Å²) >= 11 is 0. The van der Waals surface area contributed by atoms with Crippen molar-refractivity contribution in [3.63, 3.8) is 0 Å². The molecule has 0 aromatic carbocycles. The minimum Gasteiger partial charge on any atom is -0.390 e.